The van der Waals surface area contributed by atoms with E-state index < -0.39 is 0 Å². The number of carbonyl (C=O) groups is 2. The summed E-state index contributed by atoms with van der Waals surface area (Å²) in [5, 5.41) is 5.66. The zero-order valence-electron chi connectivity index (χ0n) is 19.1. The number of aromatic amines is 1. The van der Waals surface area contributed by atoms with Gasteiger partial charge in [0.05, 0.1) is 18.1 Å². The second kappa shape index (κ2) is 10.5. The highest BCUT2D eigenvalue weighted by Crippen LogP contribution is 2.15. The highest BCUT2D eigenvalue weighted by molar-refractivity contribution is 6.05. The Labute approximate surface area is 197 Å². The summed E-state index contributed by atoms with van der Waals surface area (Å²) < 4.78 is 5.20. The molecule has 172 valence electrons. The number of rotatable bonds is 8. The summed E-state index contributed by atoms with van der Waals surface area (Å²) in [4.78, 5) is 33.7. The van der Waals surface area contributed by atoms with Gasteiger partial charge in [-0.05, 0) is 54.5 Å². The maximum atomic E-state index is 13.0. The molecule has 0 aliphatic heterocycles. The standard InChI is InChI=1S/C27H26N4O3/c1-18-7-3-4-8-21(18)26(32)31-24(17-19-11-13-20(34-2)14-12-19)27(33)28-16-15-25-29-22-9-5-6-10-23(22)30-25/h3-14,17H,15-16H2,1-2H3,(H,28,33)(H,29,30)(H,31,32). The molecular weight excluding hydrogens is 428 g/mol. The summed E-state index contributed by atoms with van der Waals surface area (Å²) in [6.45, 7) is 2.22. The lowest BCUT2D eigenvalue weighted by atomic mass is 10.1. The van der Waals surface area contributed by atoms with Crippen LogP contribution in [0.5, 0.6) is 5.75 Å². The number of aryl methyl sites for hydroxylation is 1. The summed E-state index contributed by atoms with van der Waals surface area (Å²) in [6.07, 6.45) is 2.17. The summed E-state index contributed by atoms with van der Waals surface area (Å²) in [5.74, 6) is 0.767. The summed E-state index contributed by atoms with van der Waals surface area (Å²) in [5.41, 5.74) is 4.09. The lowest BCUT2D eigenvalue weighted by Gasteiger charge is -2.12. The molecule has 1 aromatic heterocycles. The van der Waals surface area contributed by atoms with E-state index in [9.17, 15) is 9.59 Å². The van der Waals surface area contributed by atoms with Crippen molar-refractivity contribution in [2.45, 2.75) is 13.3 Å². The average molecular weight is 455 g/mol. The molecule has 0 spiro atoms. The van der Waals surface area contributed by atoms with Gasteiger partial charge in [-0.3, -0.25) is 9.59 Å². The lowest BCUT2D eigenvalue weighted by Crippen LogP contribution is -2.36. The summed E-state index contributed by atoms with van der Waals surface area (Å²) in [7, 11) is 1.59. The highest BCUT2D eigenvalue weighted by atomic mass is 16.5. The molecule has 34 heavy (non-hydrogen) atoms. The van der Waals surface area contributed by atoms with Gasteiger partial charge in [-0.2, -0.15) is 0 Å². The number of nitrogens with zero attached hydrogens (tertiary/aromatic N) is 1. The number of aromatic nitrogens is 2. The van der Waals surface area contributed by atoms with Crippen molar-refractivity contribution in [3.05, 3.63) is 101 Å². The molecule has 0 radical (unpaired) electrons. The van der Waals surface area contributed by atoms with E-state index in [1.165, 1.54) is 0 Å². The minimum Gasteiger partial charge on any atom is -0.497 e. The maximum absolute atomic E-state index is 13.0. The number of ether oxygens (including phenoxy) is 1. The van der Waals surface area contributed by atoms with Gasteiger partial charge in [0, 0.05) is 18.5 Å². The molecule has 4 aromatic rings. The summed E-state index contributed by atoms with van der Waals surface area (Å²) in [6, 6.07) is 22.3. The number of methoxy groups -OCH3 is 1. The first-order chi connectivity index (χ1) is 16.5. The molecule has 3 aromatic carbocycles. The Morgan fingerprint density at radius 1 is 1.00 bits per heavy atom. The minimum absolute atomic E-state index is 0.156. The monoisotopic (exact) mass is 454 g/mol. The largest absolute Gasteiger partial charge is 0.497 e. The van der Waals surface area contributed by atoms with Crippen molar-refractivity contribution in [1.82, 2.24) is 20.6 Å². The second-order valence-corrected chi connectivity index (χ2v) is 7.81. The van der Waals surface area contributed by atoms with Crippen molar-refractivity contribution >= 4 is 28.9 Å². The smallest absolute Gasteiger partial charge is 0.267 e. The quantitative estimate of drug-likeness (QED) is 0.351. The van der Waals surface area contributed by atoms with Gasteiger partial charge in [0.25, 0.3) is 11.8 Å². The Morgan fingerprint density at radius 2 is 1.74 bits per heavy atom. The first-order valence-corrected chi connectivity index (χ1v) is 11.0. The first kappa shape index (κ1) is 22.8. The zero-order valence-corrected chi connectivity index (χ0v) is 19.1. The van der Waals surface area contributed by atoms with E-state index >= 15 is 0 Å². The number of hydrogen-bond acceptors (Lipinski definition) is 4. The number of hydrogen-bond donors (Lipinski definition) is 3. The lowest BCUT2D eigenvalue weighted by molar-refractivity contribution is -0.117. The highest BCUT2D eigenvalue weighted by Gasteiger charge is 2.16. The number of benzene rings is 3. The predicted molar refractivity (Wildman–Crippen MR) is 132 cm³/mol. The van der Waals surface area contributed by atoms with Crippen molar-refractivity contribution in [1.29, 1.82) is 0 Å². The normalized spacial score (nSPS) is 11.3. The average Bonchev–Trinajstić information content (AvgIpc) is 3.27. The van der Waals surface area contributed by atoms with Crippen LogP contribution in [0.2, 0.25) is 0 Å². The molecule has 0 unspecified atom stereocenters. The van der Waals surface area contributed by atoms with Gasteiger partial charge in [0.1, 0.15) is 17.3 Å². The molecule has 0 bridgehead atoms. The molecule has 7 nitrogen and oxygen atoms in total. The van der Waals surface area contributed by atoms with Crippen LogP contribution in [0.25, 0.3) is 17.1 Å². The summed E-state index contributed by atoms with van der Waals surface area (Å²) >= 11 is 0. The van der Waals surface area contributed by atoms with Gasteiger partial charge in [-0.25, -0.2) is 4.98 Å². The Bertz CT molecular complexity index is 1310. The van der Waals surface area contributed by atoms with E-state index in [2.05, 4.69) is 20.6 Å². The van der Waals surface area contributed by atoms with Gasteiger partial charge in [0.2, 0.25) is 0 Å². The number of nitrogens with one attached hydrogen (secondary N) is 3. The minimum atomic E-state index is -0.381. The zero-order chi connectivity index (χ0) is 23.9. The van der Waals surface area contributed by atoms with Gasteiger partial charge in [0.15, 0.2) is 0 Å². The van der Waals surface area contributed by atoms with Crippen molar-refractivity contribution in [3.63, 3.8) is 0 Å². The number of carbonyl (C=O) groups excluding carboxylic acids is 2. The van der Waals surface area contributed by atoms with Crippen LogP contribution in [0, 0.1) is 6.92 Å². The molecule has 0 aliphatic rings. The van der Waals surface area contributed by atoms with Crippen LogP contribution in [0.1, 0.15) is 27.3 Å². The van der Waals surface area contributed by atoms with Crippen LogP contribution in [0.15, 0.2) is 78.5 Å². The van der Waals surface area contributed by atoms with Gasteiger partial charge in [-0.15, -0.1) is 0 Å². The molecule has 2 amide bonds. The van der Waals surface area contributed by atoms with Crippen LogP contribution < -0.4 is 15.4 Å². The SMILES string of the molecule is COc1ccc(C=C(NC(=O)c2ccccc2C)C(=O)NCCc2nc3ccccc3[nH]2)cc1. The van der Waals surface area contributed by atoms with Crippen LogP contribution in [-0.2, 0) is 11.2 Å². The van der Waals surface area contributed by atoms with E-state index in [0.717, 1.165) is 28.0 Å². The fourth-order valence-corrected chi connectivity index (χ4v) is 3.56. The van der Waals surface area contributed by atoms with Crippen LogP contribution in [-0.4, -0.2) is 35.4 Å². The third-order valence-corrected chi connectivity index (χ3v) is 5.40. The maximum Gasteiger partial charge on any atom is 0.267 e. The molecule has 0 atom stereocenters. The van der Waals surface area contributed by atoms with Gasteiger partial charge >= 0.3 is 0 Å². The molecule has 0 aliphatic carbocycles. The Balaban J connectivity index is 1.49. The molecule has 4 rings (SSSR count). The van der Waals surface area contributed by atoms with Crippen LogP contribution in [0.4, 0.5) is 0 Å². The number of fused-ring (bicyclic) bond motifs is 1. The Kier molecular flexibility index (Phi) is 7.03. The van der Waals surface area contributed by atoms with E-state index in [4.69, 9.17) is 4.74 Å². The third-order valence-electron chi connectivity index (χ3n) is 5.40. The predicted octanol–water partition coefficient (Wildman–Crippen LogP) is 4.01. The topological polar surface area (TPSA) is 96.1 Å². The van der Waals surface area contributed by atoms with E-state index in [1.807, 2.05) is 55.5 Å². The Hall–Kier alpha value is -4.39. The number of H-pyrrole nitrogens is 1. The fraction of sp³-hybridized carbons (Fsp3) is 0.148. The van der Waals surface area contributed by atoms with E-state index in [-0.39, 0.29) is 17.5 Å². The number of imidazole rings is 1. The van der Waals surface area contributed by atoms with Crippen LogP contribution >= 0.6 is 0 Å². The molecule has 0 saturated carbocycles. The third kappa shape index (κ3) is 5.50. The molecule has 0 fully saturated rings. The van der Waals surface area contributed by atoms with E-state index in [1.54, 1.807) is 37.5 Å². The molecule has 1 heterocycles. The van der Waals surface area contributed by atoms with E-state index in [0.29, 0.717) is 24.3 Å². The molecule has 7 heteroatoms. The molecule has 3 N–H and O–H groups in total. The van der Waals surface area contributed by atoms with Crippen LogP contribution in [0.3, 0.4) is 0 Å². The molecule has 0 saturated heterocycles. The van der Waals surface area contributed by atoms with Crippen molar-refractivity contribution in [2.75, 3.05) is 13.7 Å². The van der Waals surface area contributed by atoms with Crippen molar-refractivity contribution < 1.29 is 14.3 Å². The van der Waals surface area contributed by atoms with Crippen molar-refractivity contribution in [3.8, 4) is 5.75 Å². The number of amides is 2. The fourth-order valence-electron chi connectivity index (χ4n) is 3.56. The second-order valence-electron chi connectivity index (χ2n) is 7.81. The van der Waals surface area contributed by atoms with Gasteiger partial charge in [-0.1, -0.05) is 42.5 Å². The molecular formula is C27H26N4O3. The number of para-hydroxylation sites is 2. The van der Waals surface area contributed by atoms with Crippen molar-refractivity contribution in [2.24, 2.45) is 0 Å². The van der Waals surface area contributed by atoms with Gasteiger partial charge < -0.3 is 20.4 Å². The Morgan fingerprint density at radius 3 is 2.47 bits per heavy atom. The first-order valence-electron chi connectivity index (χ1n) is 11.0.